The Morgan fingerprint density at radius 2 is 1.83 bits per heavy atom. The predicted octanol–water partition coefficient (Wildman–Crippen LogP) is 1.91. The largest absolute Gasteiger partial charge is 0.337 e. The van der Waals surface area contributed by atoms with Gasteiger partial charge in [0, 0.05) is 32.7 Å². The summed E-state index contributed by atoms with van der Waals surface area (Å²) in [4.78, 5) is 16.0. The first-order valence-corrected chi connectivity index (χ1v) is 6.47. The summed E-state index contributed by atoms with van der Waals surface area (Å²) in [5, 5.41) is 0. The maximum Gasteiger partial charge on any atom is 0.246 e. The number of allylic oxidation sites excluding steroid dienone is 1. The van der Waals surface area contributed by atoms with Gasteiger partial charge in [-0.25, -0.2) is 0 Å². The van der Waals surface area contributed by atoms with E-state index in [2.05, 4.69) is 29.2 Å². The first kappa shape index (κ1) is 12.8. The molecule has 1 aromatic rings. The van der Waals surface area contributed by atoms with Gasteiger partial charge in [-0.15, -0.1) is 0 Å². The minimum absolute atomic E-state index is 0.136. The third kappa shape index (κ3) is 3.44. The molecule has 96 valence electrons. The van der Waals surface area contributed by atoms with Crippen LogP contribution in [0.5, 0.6) is 0 Å². The number of carbonyl (C=O) groups excluding carboxylic acids is 1. The van der Waals surface area contributed by atoms with Crippen LogP contribution in [-0.4, -0.2) is 41.9 Å². The van der Waals surface area contributed by atoms with Crippen LogP contribution in [0.1, 0.15) is 12.5 Å². The van der Waals surface area contributed by atoms with Gasteiger partial charge in [0.05, 0.1) is 0 Å². The van der Waals surface area contributed by atoms with E-state index in [1.165, 1.54) is 5.56 Å². The van der Waals surface area contributed by atoms with Gasteiger partial charge in [0.25, 0.3) is 0 Å². The molecule has 0 radical (unpaired) electrons. The fourth-order valence-electron chi connectivity index (χ4n) is 2.22. The molecule has 0 aliphatic carbocycles. The van der Waals surface area contributed by atoms with Gasteiger partial charge in [-0.1, -0.05) is 36.4 Å². The van der Waals surface area contributed by atoms with Gasteiger partial charge in [-0.05, 0) is 18.6 Å². The maximum absolute atomic E-state index is 11.7. The topological polar surface area (TPSA) is 23.6 Å². The van der Waals surface area contributed by atoms with Crippen molar-refractivity contribution >= 4 is 5.91 Å². The number of hydrogen-bond acceptors (Lipinski definition) is 2. The van der Waals surface area contributed by atoms with Crippen molar-refractivity contribution in [3.63, 3.8) is 0 Å². The molecule has 1 amide bonds. The Kier molecular flexibility index (Phi) is 4.53. The predicted molar refractivity (Wildman–Crippen MR) is 73.1 cm³/mol. The maximum atomic E-state index is 11.7. The second-order valence-corrected chi connectivity index (χ2v) is 4.59. The van der Waals surface area contributed by atoms with Crippen LogP contribution in [-0.2, 0) is 11.3 Å². The van der Waals surface area contributed by atoms with Crippen LogP contribution in [0.2, 0.25) is 0 Å². The van der Waals surface area contributed by atoms with E-state index in [9.17, 15) is 4.79 Å². The third-order valence-corrected chi connectivity index (χ3v) is 3.24. The molecule has 0 saturated carbocycles. The van der Waals surface area contributed by atoms with E-state index in [4.69, 9.17) is 0 Å². The molecule has 1 saturated heterocycles. The Labute approximate surface area is 109 Å². The van der Waals surface area contributed by atoms with Crippen molar-refractivity contribution < 1.29 is 4.79 Å². The molecule has 1 aliphatic rings. The number of hydrogen-bond donors (Lipinski definition) is 0. The van der Waals surface area contributed by atoms with Gasteiger partial charge in [0.15, 0.2) is 0 Å². The molecule has 18 heavy (non-hydrogen) atoms. The lowest BCUT2D eigenvalue weighted by atomic mass is 10.2. The molecule has 0 spiro atoms. The van der Waals surface area contributed by atoms with Crippen molar-refractivity contribution in [2.45, 2.75) is 13.5 Å². The first-order valence-electron chi connectivity index (χ1n) is 6.47. The van der Waals surface area contributed by atoms with Crippen LogP contribution in [0.25, 0.3) is 0 Å². The molecular formula is C15H20N2O. The van der Waals surface area contributed by atoms with E-state index in [0.29, 0.717) is 0 Å². The lowest BCUT2D eigenvalue weighted by Crippen LogP contribution is -2.47. The zero-order valence-corrected chi connectivity index (χ0v) is 10.9. The number of carbonyl (C=O) groups is 1. The van der Waals surface area contributed by atoms with E-state index < -0.39 is 0 Å². The van der Waals surface area contributed by atoms with Crippen LogP contribution >= 0.6 is 0 Å². The summed E-state index contributed by atoms with van der Waals surface area (Å²) in [6, 6.07) is 10.5. The lowest BCUT2D eigenvalue weighted by Gasteiger charge is -2.34. The Morgan fingerprint density at radius 3 is 2.44 bits per heavy atom. The molecule has 3 nitrogen and oxygen atoms in total. The highest BCUT2D eigenvalue weighted by molar-refractivity contribution is 5.87. The van der Waals surface area contributed by atoms with Gasteiger partial charge in [0.1, 0.15) is 0 Å². The summed E-state index contributed by atoms with van der Waals surface area (Å²) in [7, 11) is 0. The smallest absolute Gasteiger partial charge is 0.246 e. The van der Waals surface area contributed by atoms with Crippen molar-refractivity contribution in [1.29, 1.82) is 0 Å². The summed E-state index contributed by atoms with van der Waals surface area (Å²) >= 11 is 0. The molecule has 0 aromatic heterocycles. The van der Waals surface area contributed by atoms with Gasteiger partial charge >= 0.3 is 0 Å². The SMILES string of the molecule is C/C=C/C(=O)N1CCN(Cc2ccccc2)CC1. The highest BCUT2D eigenvalue weighted by atomic mass is 16.2. The second kappa shape index (κ2) is 6.36. The Hall–Kier alpha value is -1.61. The number of piperazine rings is 1. The zero-order chi connectivity index (χ0) is 12.8. The molecule has 0 unspecified atom stereocenters. The van der Waals surface area contributed by atoms with Crippen LogP contribution in [0.3, 0.4) is 0 Å². The molecular weight excluding hydrogens is 224 g/mol. The molecule has 0 N–H and O–H groups in total. The van der Waals surface area contributed by atoms with Crippen LogP contribution in [0.4, 0.5) is 0 Å². The first-order chi connectivity index (χ1) is 8.79. The quantitative estimate of drug-likeness (QED) is 0.758. The number of amides is 1. The molecule has 1 fully saturated rings. The molecule has 3 heteroatoms. The van der Waals surface area contributed by atoms with E-state index >= 15 is 0 Å². The third-order valence-electron chi connectivity index (χ3n) is 3.24. The summed E-state index contributed by atoms with van der Waals surface area (Å²) in [6.07, 6.45) is 3.45. The minimum Gasteiger partial charge on any atom is -0.337 e. The Balaban J connectivity index is 1.82. The number of benzene rings is 1. The Morgan fingerprint density at radius 1 is 1.17 bits per heavy atom. The molecule has 0 bridgehead atoms. The van der Waals surface area contributed by atoms with Crippen LogP contribution in [0, 0.1) is 0 Å². The standard InChI is InChI=1S/C15H20N2O/c1-2-6-15(18)17-11-9-16(10-12-17)13-14-7-4-3-5-8-14/h2-8H,9-13H2,1H3/b6-2+. The van der Waals surface area contributed by atoms with Crippen molar-refractivity contribution in [2.75, 3.05) is 26.2 Å². The fraction of sp³-hybridized carbons (Fsp3) is 0.400. The average molecular weight is 244 g/mol. The number of nitrogens with zero attached hydrogens (tertiary/aromatic N) is 2. The van der Waals surface area contributed by atoms with Gasteiger partial charge < -0.3 is 4.90 Å². The van der Waals surface area contributed by atoms with Gasteiger partial charge in [0.2, 0.25) is 5.91 Å². The molecule has 1 heterocycles. The van der Waals surface area contributed by atoms with Crippen molar-refractivity contribution in [3.8, 4) is 0 Å². The highest BCUT2D eigenvalue weighted by Crippen LogP contribution is 2.08. The minimum atomic E-state index is 0.136. The normalized spacial score (nSPS) is 17.3. The van der Waals surface area contributed by atoms with E-state index in [-0.39, 0.29) is 5.91 Å². The second-order valence-electron chi connectivity index (χ2n) is 4.59. The van der Waals surface area contributed by atoms with E-state index in [1.54, 1.807) is 12.2 Å². The van der Waals surface area contributed by atoms with E-state index in [0.717, 1.165) is 32.7 Å². The lowest BCUT2D eigenvalue weighted by molar-refractivity contribution is -0.127. The summed E-state index contributed by atoms with van der Waals surface area (Å²) in [6.45, 7) is 6.43. The van der Waals surface area contributed by atoms with Crippen molar-refractivity contribution in [3.05, 3.63) is 48.0 Å². The van der Waals surface area contributed by atoms with Crippen LogP contribution < -0.4 is 0 Å². The van der Waals surface area contributed by atoms with Gasteiger partial charge in [-0.3, -0.25) is 9.69 Å². The fourth-order valence-corrected chi connectivity index (χ4v) is 2.22. The van der Waals surface area contributed by atoms with Crippen molar-refractivity contribution in [1.82, 2.24) is 9.80 Å². The summed E-state index contributed by atoms with van der Waals surface area (Å²) in [5.74, 6) is 0.136. The molecule has 1 aromatic carbocycles. The summed E-state index contributed by atoms with van der Waals surface area (Å²) < 4.78 is 0. The van der Waals surface area contributed by atoms with Crippen molar-refractivity contribution in [2.24, 2.45) is 0 Å². The molecule has 0 atom stereocenters. The van der Waals surface area contributed by atoms with E-state index in [1.807, 2.05) is 17.9 Å². The zero-order valence-electron chi connectivity index (χ0n) is 10.9. The molecule has 1 aliphatic heterocycles. The number of rotatable bonds is 3. The highest BCUT2D eigenvalue weighted by Gasteiger charge is 2.19. The molecule has 2 rings (SSSR count). The summed E-state index contributed by atoms with van der Waals surface area (Å²) in [5.41, 5.74) is 1.34. The monoisotopic (exact) mass is 244 g/mol. The van der Waals surface area contributed by atoms with Crippen LogP contribution in [0.15, 0.2) is 42.5 Å². The Bertz CT molecular complexity index is 406. The van der Waals surface area contributed by atoms with Gasteiger partial charge in [-0.2, -0.15) is 0 Å². The average Bonchev–Trinajstić information content (AvgIpc) is 2.41.